The van der Waals surface area contributed by atoms with Crippen molar-refractivity contribution in [3.63, 3.8) is 0 Å². The second-order valence-electron chi connectivity index (χ2n) is 8.60. The molecule has 0 saturated carbocycles. The molecule has 1 atom stereocenters. The van der Waals surface area contributed by atoms with E-state index in [9.17, 15) is 13.2 Å². The second kappa shape index (κ2) is 14.1. The molecule has 1 unspecified atom stereocenters. The highest BCUT2D eigenvalue weighted by atomic mass is 35.5. The number of esters is 1. The highest BCUT2D eigenvalue weighted by molar-refractivity contribution is 7.90. The minimum Gasteiger partial charge on any atom is -0.493 e. The first-order valence-corrected chi connectivity index (χ1v) is 14.8. The van der Waals surface area contributed by atoms with Gasteiger partial charge >= 0.3 is 5.97 Å². The Morgan fingerprint density at radius 1 is 0.868 bits per heavy atom. The number of aryl methyl sites for hydroxylation is 1. The summed E-state index contributed by atoms with van der Waals surface area (Å²) in [6.07, 6.45) is 3.63. The van der Waals surface area contributed by atoms with E-state index in [1.807, 2.05) is 18.2 Å². The Morgan fingerprint density at radius 2 is 1.50 bits per heavy atom. The lowest BCUT2D eigenvalue weighted by Crippen LogP contribution is -2.11. The van der Waals surface area contributed by atoms with E-state index in [0.29, 0.717) is 42.4 Å². The molecule has 9 heteroatoms. The molecule has 0 aromatic heterocycles. The largest absolute Gasteiger partial charge is 0.493 e. The normalized spacial score (nSPS) is 12.0. The number of sulfone groups is 1. The fourth-order valence-electron chi connectivity index (χ4n) is 3.63. The number of hydrogen-bond donors (Lipinski definition) is 0. The Hall–Kier alpha value is -3.23. The minimum absolute atomic E-state index is 0.249. The molecule has 38 heavy (non-hydrogen) atoms. The average molecular weight is 561 g/mol. The number of benzene rings is 3. The Labute approximate surface area is 229 Å². The third-order valence-electron chi connectivity index (χ3n) is 5.52. The predicted molar refractivity (Wildman–Crippen MR) is 147 cm³/mol. The van der Waals surface area contributed by atoms with Crippen LogP contribution < -0.4 is 14.2 Å². The minimum atomic E-state index is -3.25. The first-order valence-electron chi connectivity index (χ1n) is 12.5. The van der Waals surface area contributed by atoms with Gasteiger partial charge in [0.15, 0.2) is 15.2 Å². The molecule has 0 radical (unpaired) electrons. The molecule has 3 aromatic carbocycles. The summed E-state index contributed by atoms with van der Waals surface area (Å²) in [4.78, 5) is 12.0. The van der Waals surface area contributed by atoms with Crippen LogP contribution in [-0.2, 0) is 25.8 Å². The van der Waals surface area contributed by atoms with Gasteiger partial charge in [-0.25, -0.2) is 8.42 Å². The molecule has 0 N–H and O–H groups in total. The number of ether oxygens (including phenoxy) is 4. The van der Waals surface area contributed by atoms with Crippen LogP contribution >= 0.6 is 11.6 Å². The Kier molecular flexibility index (Phi) is 10.9. The van der Waals surface area contributed by atoms with E-state index in [0.717, 1.165) is 24.2 Å². The quantitative estimate of drug-likeness (QED) is 0.126. The molecule has 3 rings (SSSR count). The van der Waals surface area contributed by atoms with Gasteiger partial charge in [0.2, 0.25) is 0 Å². The second-order valence-corrected chi connectivity index (χ2v) is 11.1. The summed E-state index contributed by atoms with van der Waals surface area (Å²) in [5.41, 5.74) is 1.69. The number of rotatable bonds is 14. The molecule has 7 nitrogen and oxygen atoms in total. The van der Waals surface area contributed by atoms with Crippen LogP contribution in [0.2, 0.25) is 0 Å². The number of carbonyl (C=O) groups is 1. The van der Waals surface area contributed by atoms with Crippen molar-refractivity contribution in [2.24, 2.45) is 0 Å². The molecule has 0 heterocycles. The van der Waals surface area contributed by atoms with Gasteiger partial charge in [0.25, 0.3) is 0 Å². The molecule has 0 amide bonds. The van der Waals surface area contributed by atoms with Crippen molar-refractivity contribution in [2.45, 2.75) is 43.4 Å². The van der Waals surface area contributed by atoms with Crippen LogP contribution in [0.1, 0.15) is 43.2 Å². The van der Waals surface area contributed by atoms with Gasteiger partial charge in [0, 0.05) is 12.7 Å². The monoisotopic (exact) mass is 560 g/mol. The third-order valence-corrected chi connectivity index (χ3v) is 7.08. The maximum atomic E-state index is 11.8. The summed E-state index contributed by atoms with van der Waals surface area (Å²) in [6.45, 7) is 5.07. The first-order chi connectivity index (χ1) is 18.2. The number of carbonyl (C=O) groups excluding carboxylic acids is 1. The topological polar surface area (TPSA) is 88.1 Å². The Bertz CT molecular complexity index is 1290. The lowest BCUT2D eigenvalue weighted by atomic mass is 10.1. The van der Waals surface area contributed by atoms with Crippen LogP contribution in [0.4, 0.5) is 0 Å². The fourth-order valence-corrected chi connectivity index (χ4v) is 4.47. The third kappa shape index (κ3) is 8.67. The van der Waals surface area contributed by atoms with Crippen LogP contribution in [0.25, 0.3) is 0 Å². The van der Waals surface area contributed by atoms with Crippen LogP contribution in [0.15, 0.2) is 71.6 Å². The molecule has 0 aliphatic rings. The zero-order chi connectivity index (χ0) is 27.5. The summed E-state index contributed by atoms with van der Waals surface area (Å²) in [5.74, 6) is 2.22. The van der Waals surface area contributed by atoms with E-state index >= 15 is 0 Å². The van der Waals surface area contributed by atoms with Crippen molar-refractivity contribution >= 4 is 27.4 Å². The van der Waals surface area contributed by atoms with Crippen molar-refractivity contribution in [2.75, 3.05) is 26.1 Å². The SMILES string of the molecule is CCCc1cc(Oc2ccc(S(C)(=O)=O)cc2)ccc1OCCCOc1ccc(C(Cl)C(=O)OCC)cc1. The lowest BCUT2D eigenvalue weighted by Gasteiger charge is -2.14. The van der Waals surface area contributed by atoms with Gasteiger partial charge in [0.05, 0.1) is 24.7 Å². The smallest absolute Gasteiger partial charge is 0.328 e. The maximum absolute atomic E-state index is 11.8. The summed E-state index contributed by atoms with van der Waals surface area (Å²) >= 11 is 6.14. The van der Waals surface area contributed by atoms with Crippen molar-refractivity contribution in [3.8, 4) is 23.0 Å². The predicted octanol–water partition coefficient (Wildman–Crippen LogP) is 6.53. The van der Waals surface area contributed by atoms with Crippen LogP contribution in [0, 0.1) is 0 Å². The van der Waals surface area contributed by atoms with E-state index in [4.69, 9.17) is 30.5 Å². The lowest BCUT2D eigenvalue weighted by molar-refractivity contribution is -0.142. The molecule has 0 saturated heterocycles. The summed E-state index contributed by atoms with van der Waals surface area (Å²) < 4.78 is 46.0. The molecule has 204 valence electrons. The van der Waals surface area contributed by atoms with Gasteiger partial charge in [-0.2, -0.15) is 0 Å². The van der Waals surface area contributed by atoms with E-state index in [1.54, 1.807) is 43.3 Å². The molecule has 3 aromatic rings. The van der Waals surface area contributed by atoms with Gasteiger partial charge in [0.1, 0.15) is 23.0 Å². The fraction of sp³-hybridized carbons (Fsp3) is 0.345. The van der Waals surface area contributed by atoms with E-state index in [2.05, 4.69) is 6.92 Å². The summed E-state index contributed by atoms with van der Waals surface area (Å²) in [7, 11) is -3.25. The van der Waals surface area contributed by atoms with Crippen LogP contribution in [0.5, 0.6) is 23.0 Å². The number of halogens is 1. The maximum Gasteiger partial charge on any atom is 0.328 e. The Balaban J connectivity index is 1.50. The van der Waals surface area contributed by atoms with Crippen molar-refractivity contribution < 1.29 is 32.2 Å². The van der Waals surface area contributed by atoms with E-state index in [-0.39, 0.29) is 11.5 Å². The molecular weight excluding hydrogens is 528 g/mol. The molecule has 0 aliphatic carbocycles. The zero-order valence-corrected chi connectivity index (χ0v) is 23.4. The van der Waals surface area contributed by atoms with E-state index in [1.165, 1.54) is 18.4 Å². The summed E-state index contributed by atoms with van der Waals surface area (Å²) in [6, 6.07) is 19.1. The van der Waals surface area contributed by atoms with Crippen molar-refractivity contribution in [1.29, 1.82) is 0 Å². The molecular formula is C29H33ClO7S. The molecule has 0 aliphatic heterocycles. The van der Waals surface area contributed by atoms with Gasteiger partial charge in [-0.15, -0.1) is 11.6 Å². The number of hydrogen-bond acceptors (Lipinski definition) is 7. The van der Waals surface area contributed by atoms with Crippen LogP contribution in [-0.4, -0.2) is 40.5 Å². The van der Waals surface area contributed by atoms with Crippen molar-refractivity contribution in [3.05, 3.63) is 77.9 Å². The van der Waals surface area contributed by atoms with Crippen LogP contribution in [0.3, 0.4) is 0 Å². The highest BCUT2D eigenvalue weighted by Crippen LogP contribution is 2.30. The van der Waals surface area contributed by atoms with E-state index < -0.39 is 21.2 Å². The first kappa shape index (κ1) is 29.3. The van der Waals surface area contributed by atoms with Gasteiger partial charge in [-0.1, -0.05) is 25.5 Å². The Morgan fingerprint density at radius 3 is 2.13 bits per heavy atom. The zero-order valence-electron chi connectivity index (χ0n) is 21.8. The number of alkyl halides is 1. The van der Waals surface area contributed by atoms with Gasteiger partial charge in [-0.05, 0) is 79.1 Å². The van der Waals surface area contributed by atoms with Gasteiger partial charge < -0.3 is 18.9 Å². The molecule has 0 fully saturated rings. The average Bonchev–Trinajstić information content (AvgIpc) is 2.89. The van der Waals surface area contributed by atoms with Gasteiger partial charge in [-0.3, -0.25) is 4.79 Å². The molecule has 0 bridgehead atoms. The van der Waals surface area contributed by atoms with Crippen molar-refractivity contribution in [1.82, 2.24) is 0 Å². The highest BCUT2D eigenvalue weighted by Gasteiger charge is 2.18. The standard InChI is InChI=1S/C29H33ClO7S/c1-4-7-22-20-25(37-24-12-15-26(16-13-24)38(3,32)33)14-17-27(22)36-19-6-18-35-23-10-8-21(9-11-23)28(30)29(31)34-5-2/h8-17,20,28H,4-7,18-19H2,1-3H3. The summed E-state index contributed by atoms with van der Waals surface area (Å²) in [5, 5.41) is -0.841. The molecule has 0 spiro atoms.